The van der Waals surface area contributed by atoms with Crippen LogP contribution in [-0.4, -0.2) is 62.2 Å². The Labute approximate surface area is 269 Å². The van der Waals surface area contributed by atoms with Crippen molar-refractivity contribution in [2.75, 3.05) is 63.0 Å². The molecule has 0 bridgehead atoms. The van der Waals surface area contributed by atoms with E-state index in [0.717, 1.165) is 103 Å². The molecule has 0 aliphatic rings. The van der Waals surface area contributed by atoms with E-state index in [9.17, 15) is 0 Å². The highest BCUT2D eigenvalue weighted by Gasteiger charge is 2.28. The molecule has 0 fully saturated rings. The van der Waals surface area contributed by atoms with E-state index in [0.29, 0.717) is 5.02 Å². The Morgan fingerprint density at radius 3 is 1.38 bits per heavy atom. The van der Waals surface area contributed by atoms with E-state index in [1.54, 1.807) is 0 Å². The van der Waals surface area contributed by atoms with Gasteiger partial charge in [-0.2, -0.15) is 0 Å². The fourth-order valence-corrected chi connectivity index (χ4v) is 6.68. The molecule has 0 amide bonds. The Kier molecular flexibility index (Phi) is 14.3. The lowest BCUT2D eigenvalue weighted by atomic mass is 9.83. The van der Waals surface area contributed by atoms with E-state index in [1.807, 2.05) is 18.2 Å². The summed E-state index contributed by atoms with van der Waals surface area (Å²) in [6.07, 6.45) is 1.85. The van der Waals surface area contributed by atoms with Crippen LogP contribution < -0.4 is 10.6 Å². The highest BCUT2D eigenvalue weighted by atomic mass is 35.5. The first-order valence-corrected chi connectivity index (χ1v) is 16.8. The van der Waals surface area contributed by atoms with E-state index in [1.165, 1.54) is 11.1 Å². The van der Waals surface area contributed by atoms with Gasteiger partial charge in [0.25, 0.3) is 0 Å². The summed E-state index contributed by atoms with van der Waals surface area (Å²) >= 11 is 21.6. The molecule has 3 aromatic rings. The number of benzene rings is 3. The quantitative estimate of drug-likeness (QED) is 0.145. The summed E-state index contributed by atoms with van der Waals surface area (Å²) in [6, 6.07) is 16.8. The highest BCUT2D eigenvalue weighted by molar-refractivity contribution is 6.36. The van der Waals surface area contributed by atoms with Crippen molar-refractivity contribution in [2.45, 2.75) is 60.3 Å². The predicted octanol–water partition coefficient (Wildman–Crippen LogP) is 9.46. The van der Waals surface area contributed by atoms with Crippen molar-refractivity contribution in [1.29, 1.82) is 0 Å². The number of hydrogen-bond acceptors (Lipinski definition) is 4. The molecule has 0 saturated carbocycles. The molecule has 0 saturated heterocycles. The maximum atomic E-state index is 7.34. The van der Waals surface area contributed by atoms with E-state index in [4.69, 9.17) is 34.8 Å². The first-order chi connectivity index (χ1) is 20.3. The number of anilines is 2. The van der Waals surface area contributed by atoms with Gasteiger partial charge in [-0.05, 0) is 86.8 Å². The van der Waals surface area contributed by atoms with Gasteiger partial charge in [0.15, 0.2) is 0 Å². The second-order valence-electron chi connectivity index (χ2n) is 10.6. The van der Waals surface area contributed by atoms with Gasteiger partial charge < -0.3 is 20.4 Å². The van der Waals surface area contributed by atoms with E-state index < -0.39 is 0 Å². The third kappa shape index (κ3) is 8.36. The summed E-state index contributed by atoms with van der Waals surface area (Å²) in [5.41, 5.74) is 7.42. The summed E-state index contributed by atoms with van der Waals surface area (Å²) in [7, 11) is 0. The predicted molar refractivity (Wildman–Crippen MR) is 187 cm³/mol. The topological polar surface area (TPSA) is 30.5 Å². The van der Waals surface area contributed by atoms with Crippen LogP contribution >= 0.6 is 34.8 Å². The number of hydrogen-bond donors (Lipinski definition) is 2. The lowest BCUT2D eigenvalue weighted by Gasteiger charge is -2.27. The number of rotatable bonds is 17. The van der Waals surface area contributed by atoms with Crippen LogP contribution in [0.1, 0.15) is 75.3 Å². The van der Waals surface area contributed by atoms with Gasteiger partial charge in [-0.3, -0.25) is 0 Å². The average molecular weight is 632 g/mol. The molecule has 7 heteroatoms. The Hall–Kier alpha value is -1.95. The lowest BCUT2D eigenvalue weighted by Crippen LogP contribution is -2.25. The Morgan fingerprint density at radius 2 is 1.00 bits per heavy atom. The number of nitrogens with one attached hydrogen (secondary N) is 2. The fourth-order valence-electron chi connectivity index (χ4n) is 5.71. The minimum Gasteiger partial charge on any atom is -0.384 e. The van der Waals surface area contributed by atoms with Crippen LogP contribution in [0, 0.1) is 0 Å². The normalized spacial score (nSPS) is 11.6. The summed E-state index contributed by atoms with van der Waals surface area (Å²) in [4.78, 5) is 4.88. The molecular weight excluding hydrogens is 583 g/mol. The van der Waals surface area contributed by atoms with Gasteiger partial charge in [0, 0.05) is 37.1 Å². The molecule has 0 unspecified atom stereocenters. The molecule has 0 aliphatic carbocycles. The van der Waals surface area contributed by atoms with Crippen LogP contribution in [0.15, 0.2) is 48.5 Å². The molecule has 2 N–H and O–H groups in total. The van der Waals surface area contributed by atoms with E-state index >= 15 is 0 Å². The minimum atomic E-state index is -0.234. The van der Waals surface area contributed by atoms with Gasteiger partial charge in [0.1, 0.15) is 0 Å². The maximum Gasteiger partial charge on any atom is 0.0681 e. The summed E-state index contributed by atoms with van der Waals surface area (Å²) < 4.78 is 0. The van der Waals surface area contributed by atoms with E-state index in [-0.39, 0.29) is 5.92 Å². The first kappa shape index (κ1) is 34.5. The van der Waals surface area contributed by atoms with Gasteiger partial charge in [-0.25, -0.2) is 0 Å². The molecule has 0 atom stereocenters. The third-order valence-electron chi connectivity index (χ3n) is 8.25. The smallest absolute Gasteiger partial charge is 0.0681 e. The minimum absolute atomic E-state index is 0.234. The third-order valence-corrected chi connectivity index (χ3v) is 9.40. The Bertz CT molecular complexity index is 1200. The average Bonchev–Trinajstić information content (AvgIpc) is 3.00. The zero-order chi connectivity index (χ0) is 30.6. The highest BCUT2D eigenvalue weighted by Crippen LogP contribution is 2.46. The van der Waals surface area contributed by atoms with Crippen molar-refractivity contribution in [3.63, 3.8) is 0 Å². The van der Waals surface area contributed by atoms with Gasteiger partial charge in [-0.1, -0.05) is 105 Å². The summed E-state index contributed by atoms with van der Waals surface area (Å²) in [5, 5.41) is 9.30. The van der Waals surface area contributed by atoms with E-state index in [2.05, 4.69) is 92.3 Å². The molecule has 0 radical (unpaired) electrons. The van der Waals surface area contributed by atoms with Crippen LogP contribution in [0.5, 0.6) is 0 Å². The SMILES string of the molecule is CCNc1c(CCN(CC)CC)ccc(C(c2ccccc2Cl)c2ccc(CCN(CC)CC)c(NCC)c2Cl)c1Cl. The maximum absolute atomic E-state index is 7.34. The van der Waals surface area contributed by atoms with Crippen molar-refractivity contribution < 1.29 is 0 Å². The van der Waals surface area contributed by atoms with Crippen LogP contribution in [0.2, 0.25) is 15.1 Å². The van der Waals surface area contributed by atoms with Gasteiger partial charge in [-0.15, -0.1) is 0 Å². The fraction of sp³-hybridized carbons (Fsp3) is 0.486. The molecule has 0 aliphatic heterocycles. The molecule has 0 heterocycles. The van der Waals surface area contributed by atoms with Gasteiger partial charge in [0.2, 0.25) is 0 Å². The van der Waals surface area contributed by atoms with Crippen LogP contribution in [-0.2, 0) is 12.8 Å². The summed E-state index contributed by atoms with van der Waals surface area (Å²) in [5.74, 6) is -0.234. The standard InChI is InChI=1S/C35H49Cl3N4/c1-7-39-34-25(21-23-41(9-3)10-4)17-19-28(32(34)37)31(27-15-13-14-16-30(27)36)29-20-18-26(22-24-42(11-5)12-6)35(33(29)38)40-8-2/h13-20,31,39-40H,7-12,21-24H2,1-6H3. The van der Waals surface area contributed by atoms with Crippen molar-refractivity contribution in [2.24, 2.45) is 0 Å². The molecule has 3 rings (SSSR count). The molecule has 42 heavy (non-hydrogen) atoms. The molecule has 230 valence electrons. The monoisotopic (exact) mass is 630 g/mol. The molecule has 0 spiro atoms. The lowest BCUT2D eigenvalue weighted by molar-refractivity contribution is 0.308. The van der Waals surface area contributed by atoms with Crippen molar-refractivity contribution >= 4 is 46.2 Å². The number of likely N-dealkylation sites (N-methyl/N-ethyl adjacent to an activating group) is 2. The first-order valence-electron chi connectivity index (χ1n) is 15.6. The van der Waals surface area contributed by atoms with Crippen LogP contribution in [0.25, 0.3) is 0 Å². The van der Waals surface area contributed by atoms with Crippen molar-refractivity contribution in [3.05, 3.63) is 91.4 Å². The zero-order valence-electron chi connectivity index (χ0n) is 26.3. The van der Waals surface area contributed by atoms with Crippen molar-refractivity contribution in [1.82, 2.24) is 9.80 Å². The number of halogens is 3. The largest absolute Gasteiger partial charge is 0.384 e. The van der Waals surface area contributed by atoms with Crippen molar-refractivity contribution in [3.8, 4) is 0 Å². The molecule has 4 nitrogen and oxygen atoms in total. The van der Waals surface area contributed by atoms with Gasteiger partial charge >= 0.3 is 0 Å². The second kappa shape index (κ2) is 17.4. The Morgan fingerprint density at radius 1 is 0.571 bits per heavy atom. The molecule has 3 aromatic carbocycles. The number of nitrogens with zero attached hydrogens (tertiary/aromatic N) is 2. The molecule has 0 aromatic heterocycles. The summed E-state index contributed by atoms with van der Waals surface area (Å²) in [6.45, 7) is 20.7. The zero-order valence-corrected chi connectivity index (χ0v) is 28.6. The Balaban J connectivity index is 2.18. The molecular formula is C35H49Cl3N4. The van der Waals surface area contributed by atoms with Gasteiger partial charge in [0.05, 0.1) is 21.4 Å². The van der Waals surface area contributed by atoms with Crippen LogP contribution in [0.3, 0.4) is 0 Å². The van der Waals surface area contributed by atoms with Crippen LogP contribution in [0.4, 0.5) is 11.4 Å². The second-order valence-corrected chi connectivity index (χ2v) is 11.7.